The van der Waals surface area contributed by atoms with Gasteiger partial charge in [0.25, 0.3) is 5.56 Å². The number of nitrogens with zero attached hydrogens (tertiary/aromatic N) is 4. The summed E-state index contributed by atoms with van der Waals surface area (Å²) in [6.07, 6.45) is 4.40. The maximum absolute atomic E-state index is 12.7. The summed E-state index contributed by atoms with van der Waals surface area (Å²) in [6, 6.07) is 16.8. The van der Waals surface area contributed by atoms with Crippen molar-refractivity contribution in [3.8, 4) is 11.4 Å². The zero-order valence-electron chi connectivity index (χ0n) is 15.6. The fourth-order valence-corrected chi connectivity index (χ4v) is 3.21. The van der Waals surface area contributed by atoms with Crippen molar-refractivity contribution in [3.63, 3.8) is 0 Å². The quantitative estimate of drug-likeness (QED) is 0.499. The Kier molecular flexibility index (Phi) is 4.29. The van der Waals surface area contributed by atoms with Crippen LogP contribution in [0.1, 0.15) is 0 Å². The molecule has 0 fully saturated rings. The van der Waals surface area contributed by atoms with Gasteiger partial charge >= 0.3 is 0 Å². The van der Waals surface area contributed by atoms with Crippen molar-refractivity contribution in [1.29, 1.82) is 0 Å². The zero-order chi connectivity index (χ0) is 20.5. The first-order valence-corrected chi connectivity index (χ1v) is 9.23. The number of amides is 1. The van der Waals surface area contributed by atoms with Gasteiger partial charge in [-0.15, -0.1) is 0 Å². The SMILES string of the molecule is O=C(Cn1cnc2c(oc3ccccc32)c1=O)Nc1cnc(-c2ccccc2)nc1. The fraction of sp³-hybridized carbons (Fsp3) is 0.0455. The number of carbonyl (C=O) groups is 1. The largest absolute Gasteiger partial charge is 0.448 e. The van der Waals surface area contributed by atoms with Gasteiger partial charge in [-0.3, -0.25) is 14.2 Å². The molecule has 0 spiro atoms. The van der Waals surface area contributed by atoms with E-state index in [1.807, 2.05) is 48.5 Å². The molecule has 0 saturated heterocycles. The van der Waals surface area contributed by atoms with Crippen LogP contribution in [-0.2, 0) is 11.3 Å². The fourth-order valence-electron chi connectivity index (χ4n) is 3.21. The van der Waals surface area contributed by atoms with Gasteiger partial charge < -0.3 is 9.73 Å². The Balaban J connectivity index is 1.35. The van der Waals surface area contributed by atoms with Gasteiger partial charge in [-0.2, -0.15) is 0 Å². The van der Waals surface area contributed by atoms with Gasteiger partial charge in [0.2, 0.25) is 11.5 Å². The minimum Gasteiger partial charge on any atom is -0.448 e. The minimum absolute atomic E-state index is 0.127. The zero-order valence-corrected chi connectivity index (χ0v) is 15.6. The van der Waals surface area contributed by atoms with Gasteiger partial charge in [-0.25, -0.2) is 15.0 Å². The predicted octanol–water partition coefficient (Wildman–Crippen LogP) is 3.24. The molecular weight excluding hydrogens is 382 g/mol. The monoisotopic (exact) mass is 397 g/mol. The van der Waals surface area contributed by atoms with E-state index in [-0.39, 0.29) is 12.1 Å². The average Bonchev–Trinajstić information content (AvgIpc) is 3.16. The second-order valence-electron chi connectivity index (χ2n) is 6.66. The molecule has 0 aliphatic heterocycles. The normalized spacial score (nSPS) is 11.1. The number of furan rings is 1. The minimum atomic E-state index is -0.415. The van der Waals surface area contributed by atoms with Gasteiger partial charge in [-0.1, -0.05) is 42.5 Å². The molecule has 5 aromatic rings. The summed E-state index contributed by atoms with van der Waals surface area (Å²) in [5.41, 5.74) is 2.09. The van der Waals surface area contributed by atoms with E-state index in [0.29, 0.717) is 22.6 Å². The summed E-state index contributed by atoms with van der Waals surface area (Å²) in [4.78, 5) is 38.0. The van der Waals surface area contributed by atoms with E-state index in [1.165, 1.54) is 23.3 Å². The van der Waals surface area contributed by atoms with Gasteiger partial charge in [0.15, 0.2) is 5.82 Å². The van der Waals surface area contributed by atoms with Crippen molar-refractivity contribution in [1.82, 2.24) is 19.5 Å². The third kappa shape index (κ3) is 3.20. The molecule has 8 nitrogen and oxygen atoms in total. The van der Waals surface area contributed by atoms with Crippen molar-refractivity contribution in [3.05, 3.63) is 83.7 Å². The second kappa shape index (κ2) is 7.25. The van der Waals surface area contributed by atoms with Gasteiger partial charge in [0, 0.05) is 10.9 Å². The van der Waals surface area contributed by atoms with Crippen LogP contribution >= 0.6 is 0 Å². The maximum atomic E-state index is 12.7. The molecular formula is C22H15N5O3. The lowest BCUT2D eigenvalue weighted by molar-refractivity contribution is -0.116. The molecule has 3 aromatic heterocycles. The lowest BCUT2D eigenvalue weighted by Crippen LogP contribution is -2.27. The Morgan fingerprint density at radius 2 is 1.70 bits per heavy atom. The Morgan fingerprint density at radius 3 is 2.50 bits per heavy atom. The predicted molar refractivity (Wildman–Crippen MR) is 112 cm³/mol. The van der Waals surface area contributed by atoms with E-state index in [0.717, 1.165) is 10.9 Å². The highest BCUT2D eigenvalue weighted by Crippen LogP contribution is 2.24. The number of hydrogen-bond donors (Lipinski definition) is 1. The molecule has 5 rings (SSSR count). The van der Waals surface area contributed by atoms with E-state index in [9.17, 15) is 9.59 Å². The number of carbonyl (C=O) groups excluding carboxylic acids is 1. The van der Waals surface area contributed by atoms with Crippen LogP contribution in [0.25, 0.3) is 33.5 Å². The number of anilines is 1. The van der Waals surface area contributed by atoms with E-state index < -0.39 is 11.5 Å². The van der Waals surface area contributed by atoms with Crippen molar-refractivity contribution in [2.45, 2.75) is 6.54 Å². The third-order valence-electron chi connectivity index (χ3n) is 4.63. The molecule has 0 saturated carbocycles. The summed E-state index contributed by atoms with van der Waals surface area (Å²) in [6.45, 7) is -0.209. The molecule has 1 amide bonds. The lowest BCUT2D eigenvalue weighted by Gasteiger charge is -2.07. The molecule has 0 radical (unpaired) electrons. The van der Waals surface area contributed by atoms with Crippen LogP contribution < -0.4 is 10.9 Å². The summed E-state index contributed by atoms with van der Waals surface area (Å²) in [5.74, 6) is 0.162. The number of fused-ring (bicyclic) bond motifs is 3. The number of para-hydroxylation sites is 1. The smallest absolute Gasteiger partial charge is 0.297 e. The van der Waals surface area contributed by atoms with E-state index >= 15 is 0 Å². The summed E-state index contributed by atoms with van der Waals surface area (Å²) in [5, 5.41) is 3.45. The van der Waals surface area contributed by atoms with Crippen molar-refractivity contribution >= 4 is 33.7 Å². The highest BCUT2D eigenvalue weighted by atomic mass is 16.3. The Bertz CT molecular complexity index is 1420. The average molecular weight is 397 g/mol. The molecule has 30 heavy (non-hydrogen) atoms. The van der Waals surface area contributed by atoms with Crippen molar-refractivity contribution in [2.75, 3.05) is 5.32 Å². The molecule has 0 aliphatic carbocycles. The summed E-state index contributed by atoms with van der Waals surface area (Å²) < 4.78 is 6.84. The Labute approximate surface area is 169 Å². The number of nitrogens with one attached hydrogen (secondary N) is 1. The Morgan fingerprint density at radius 1 is 0.967 bits per heavy atom. The molecule has 0 aliphatic rings. The molecule has 0 bridgehead atoms. The number of hydrogen-bond acceptors (Lipinski definition) is 6. The van der Waals surface area contributed by atoms with Crippen LogP contribution in [0.4, 0.5) is 5.69 Å². The first kappa shape index (κ1) is 17.7. The van der Waals surface area contributed by atoms with Crippen LogP contribution in [0.15, 0.2) is 82.5 Å². The first-order chi connectivity index (χ1) is 14.7. The van der Waals surface area contributed by atoms with E-state index in [2.05, 4.69) is 20.3 Å². The summed E-state index contributed by atoms with van der Waals surface area (Å²) in [7, 11) is 0. The standard InChI is InChI=1S/C22H15N5O3/c28-18(26-15-10-23-21(24-11-15)14-6-2-1-3-7-14)12-27-13-25-19-16-8-4-5-9-17(16)30-20(19)22(27)29/h1-11,13H,12H2,(H,26,28). The highest BCUT2D eigenvalue weighted by molar-refractivity contribution is 6.01. The molecule has 2 aromatic carbocycles. The van der Waals surface area contributed by atoms with Crippen LogP contribution in [0.2, 0.25) is 0 Å². The first-order valence-electron chi connectivity index (χ1n) is 9.23. The van der Waals surface area contributed by atoms with Crippen molar-refractivity contribution < 1.29 is 9.21 Å². The highest BCUT2D eigenvalue weighted by Gasteiger charge is 2.14. The lowest BCUT2D eigenvalue weighted by atomic mass is 10.2. The summed E-state index contributed by atoms with van der Waals surface area (Å²) >= 11 is 0. The van der Waals surface area contributed by atoms with Crippen LogP contribution in [0.5, 0.6) is 0 Å². The molecule has 8 heteroatoms. The molecule has 1 N–H and O–H groups in total. The second-order valence-corrected chi connectivity index (χ2v) is 6.66. The van der Waals surface area contributed by atoms with Gasteiger partial charge in [0.1, 0.15) is 17.6 Å². The molecule has 3 heterocycles. The van der Waals surface area contributed by atoms with E-state index in [4.69, 9.17) is 4.42 Å². The third-order valence-corrected chi connectivity index (χ3v) is 4.63. The number of aromatic nitrogens is 4. The van der Waals surface area contributed by atoms with Crippen LogP contribution in [0.3, 0.4) is 0 Å². The van der Waals surface area contributed by atoms with Crippen molar-refractivity contribution in [2.24, 2.45) is 0 Å². The van der Waals surface area contributed by atoms with E-state index in [1.54, 1.807) is 6.07 Å². The molecule has 0 atom stereocenters. The van der Waals surface area contributed by atoms with Crippen LogP contribution in [-0.4, -0.2) is 25.4 Å². The van der Waals surface area contributed by atoms with Gasteiger partial charge in [0.05, 0.1) is 24.4 Å². The number of benzene rings is 2. The molecule has 146 valence electrons. The maximum Gasteiger partial charge on any atom is 0.297 e. The van der Waals surface area contributed by atoms with Gasteiger partial charge in [-0.05, 0) is 12.1 Å². The molecule has 0 unspecified atom stereocenters. The Hall–Kier alpha value is -4.33. The number of rotatable bonds is 4. The van der Waals surface area contributed by atoms with Crippen LogP contribution in [0, 0.1) is 0 Å². The topological polar surface area (TPSA) is 103 Å².